The summed E-state index contributed by atoms with van der Waals surface area (Å²) in [5.74, 6) is 1.82. The normalized spacial score (nSPS) is 25.4. The number of ether oxygens (including phenoxy) is 3. The molecule has 4 nitrogen and oxygen atoms in total. The first-order valence-electron chi connectivity index (χ1n) is 9.86. The smallest absolute Gasteiger partial charge is 0.163 e. The highest BCUT2D eigenvalue weighted by Crippen LogP contribution is 2.50. The predicted octanol–water partition coefficient (Wildman–Crippen LogP) is 4.45. The van der Waals surface area contributed by atoms with E-state index in [9.17, 15) is 5.11 Å². The second-order valence-corrected chi connectivity index (χ2v) is 11.0. The maximum Gasteiger partial charge on any atom is 0.163 e. The molecule has 0 bridgehead atoms. The third kappa shape index (κ3) is 6.94. The van der Waals surface area contributed by atoms with Gasteiger partial charge in [0.25, 0.3) is 0 Å². The minimum atomic E-state index is -0.486. The summed E-state index contributed by atoms with van der Waals surface area (Å²) in [6.45, 7) is 5.77. The van der Waals surface area contributed by atoms with Crippen molar-refractivity contribution in [1.29, 1.82) is 0 Å². The molecule has 0 spiro atoms. The molecule has 0 amide bonds. The van der Waals surface area contributed by atoms with E-state index in [1.165, 1.54) is 12.0 Å². The molecule has 1 aromatic rings. The molecule has 27 heavy (non-hydrogen) atoms. The van der Waals surface area contributed by atoms with E-state index >= 15 is 0 Å². The van der Waals surface area contributed by atoms with Gasteiger partial charge in [0.2, 0.25) is 0 Å². The highest BCUT2D eigenvalue weighted by Gasteiger charge is 2.42. The van der Waals surface area contributed by atoms with Crippen LogP contribution in [0, 0.1) is 0 Å². The minimum absolute atomic E-state index is 0.0194. The van der Waals surface area contributed by atoms with E-state index in [1.54, 1.807) is 0 Å². The quantitative estimate of drug-likeness (QED) is 0.605. The Morgan fingerprint density at radius 1 is 1.22 bits per heavy atom. The molecular weight excluding hydrogens is 380 g/mol. The summed E-state index contributed by atoms with van der Waals surface area (Å²) in [5.41, 5.74) is 1.17. The first kappa shape index (κ1) is 21.5. The molecule has 0 unspecified atom stereocenters. The van der Waals surface area contributed by atoms with Gasteiger partial charge in [-0.2, -0.15) is 0 Å². The largest absolute Gasteiger partial charge is 0.393 e. The van der Waals surface area contributed by atoms with Crippen LogP contribution in [0.25, 0.3) is 0 Å². The topological polar surface area (TPSA) is 47.9 Å². The lowest BCUT2D eigenvalue weighted by atomic mass is 10.1. The van der Waals surface area contributed by atoms with E-state index in [4.69, 9.17) is 14.2 Å². The van der Waals surface area contributed by atoms with Crippen LogP contribution in [0.4, 0.5) is 0 Å². The molecule has 6 heteroatoms. The molecule has 2 fully saturated rings. The molecule has 2 atom stereocenters. The summed E-state index contributed by atoms with van der Waals surface area (Å²) in [6, 6.07) is 10.2. The van der Waals surface area contributed by atoms with Gasteiger partial charge in [0.1, 0.15) is 0 Å². The average molecular weight is 413 g/mol. The fourth-order valence-electron chi connectivity index (χ4n) is 3.59. The number of hydrogen-bond donors (Lipinski definition) is 1. The zero-order valence-corrected chi connectivity index (χ0v) is 18.0. The Morgan fingerprint density at radius 2 is 1.96 bits per heavy atom. The number of benzene rings is 1. The van der Waals surface area contributed by atoms with Gasteiger partial charge in [0, 0.05) is 6.61 Å². The maximum atomic E-state index is 10.7. The number of aliphatic hydroxyl groups is 1. The van der Waals surface area contributed by atoms with E-state index in [-0.39, 0.29) is 16.3 Å². The van der Waals surface area contributed by atoms with Gasteiger partial charge in [-0.05, 0) is 56.6 Å². The molecule has 2 saturated heterocycles. The van der Waals surface area contributed by atoms with Crippen molar-refractivity contribution in [3.63, 3.8) is 0 Å². The van der Waals surface area contributed by atoms with Gasteiger partial charge in [-0.15, -0.1) is 23.5 Å². The SMILES string of the molecule is CC1(C)OC[C@H](CC2(C[C@@H](O)CCOCc3ccccc3)SCCCS2)O1. The van der Waals surface area contributed by atoms with Gasteiger partial charge in [-0.25, -0.2) is 0 Å². The van der Waals surface area contributed by atoms with Gasteiger partial charge >= 0.3 is 0 Å². The number of aliphatic hydroxyl groups excluding tert-OH is 1. The van der Waals surface area contributed by atoms with Crippen LogP contribution in [0.5, 0.6) is 0 Å². The summed E-state index contributed by atoms with van der Waals surface area (Å²) in [4.78, 5) is 0. The Kier molecular flexibility index (Phi) is 7.94. The van der Waals surface area contributed by atoms with Crippen LogP contribution in [-0.4, -0.2) is 51.9 Å². The first-order valence-corrected chi connectivity index (χ1v) is 11.8. The first-order chi connectivity index (χ1) is 13.0. The second-order valence-electron chi connectivity index (χ2n) is 7.80. The Balaban J connectivity index is 1.45. The highest BCUT2D eigenvalue weighted by atomic mass is 32.2. The molecule has 1 aromatic carbocycles. The summed E-state index contributed by atoms with van der Waals surface area (Å²) < 4.78 is 17.6. The molecule has 152 valence electrons. The van der Waals surface area contributed by atoms with Crippen LogP contribution < -0.4 is 0 Å². The van der Waals surface area contributed by atoms with Crippen molar-refractivity contribution in [3.8, 4) is 0 Å². The second kappa shape index (κ2) is 9.99. The molecule has 0 aliphatic carbocycles. The highest BCUT2D eigenvalue weighted by molar-refractivity contribution is 8.18. The molecule has 0 radical (unpaired) electrons. The fraction of sp³-hybridized carbons (Fsp3) is 0.714. The van der Waals surface area contributed by atoms with E-state index < -0.39 is 5.79 Å². The van der Waals surface area contributed by atoms with Gasteiger partial charge in [-0.1, -0.05) is 30.3 Å². The third-order valence-corrected chi connectivity index (χ3v) is 8.29. The molecule has 2 aliphatic rings. The zero-order valence-electron chi connectivity index (χ0n) is 16.4. The van der Waals surface area contributed by atoms with E-state index in [1.807, 2.05) is 55.6 Å². The van der Waals surface area contributed by atoms with Crippen LogP contribution in [0.2, 0.25) is 0 Å². The lowest BCUT2D eigenvalue weighted by Gasteiger charge is -2.39. The standard InChI is InChI=1S/C21H32O4S2/c1-20(2)24-16-19(25-20)14-21(26-11-6-12-27-21)13-18(22)9-10-23-15-17-7-4-3-5-8-17/h3-5,7-8,18-19,22H,6,9-16H2,1-2H3/t18-,19-/m0/s1. The molecular formula is C21H32O4S2. The van der Waals surface area contributed by atoms with Gasteiger partial charge in [0.15, 0.2) is 5.79 Å². The van der Waals surface area contributed by atoms with E-state index in [2.05, 4.69) is 12.1 Å². The lowest BCUT2D eigenvalue weighted by Crippen LogP contribution is -2.35. The van der Waals surface area contributed by atoms with Crippen molar-refractivity contribution in [2.24, 2.45) is 0 Å². The number of thioether (sulfide) groups is 2. The van der Waals surface area contributed by atoms with Crippen LogP contribution in [0.3, 0.4) is 0 Å². The Bertz CT molecular complexity index is 561. The average Bonchev–Trinajstić information content (AvgIpc) is 2.98. The Labute approximate surface area is 171 Å². The minimum Gasteiger partial charge on any atom is -0.393 e. The number of rotatable bonds is 9. The Morgan fingerprint density at radius 3 is 2.63 bits per heavy atom. The number of hydrogen-bond acceptors (Lipinski definition) is 6. The van der Waals surface area contributed by atoms with Crippen molar-refractivity contribution in [2.75, 3.05) is 24.7 Å². The van der Waals surface area contributed by atoms with Crippen molar-refractivity contribution < 1.29 is 19.3 Å². The fourth-order valence-corrected chi connectivity index (χ4v) is 7.16. The molecule has 2 heterocycles. The molecule has 3 rings (SSSR count). The lowest BCUT2D eigenvalue weighted by molar-refractivity contribution is -0.139. The summed E-state index contributed by atoms with van der Waals surface area (Å²) in [6.07, 6.45) is 3.36. The van der Waals surface area contributed by atoms with Crippen molar-refractivity contribution in [1.82, 2.24) is 0 Å². The maximum absolute atomic E-state index is 10.7. The van der Waals surface area contributed by atoms with Gasteiger partial charge in [0.05, 0.1) is 29.5 Å². The van der Waals surface area contributed by atoms with Crippen molar-refractivity contribution in [3.05, 3.63) is 35.9 Å². The molecule has 0 aromatic heterocycles. The summed E-state index contributed by atoms with van der Waals surface area (Å²) in [7, 11) is 0. The van der Waals surface area contributed by atoms with Crippen molar-refractivity contribution in [2.45, 2.75) is 68.2 Å². The van der Waals surface area contributed by atoms with Crippen LogP contribution in [0.15, 0.2) is 30.3 Å². The molecule has 0 saturated carbocycles. The van der Waals surface area contributed by atoms with Crippen LogP contribution in [0.1, 0.15) is 45.1 Å². The van der Waals surface area contributed by atoms with Gasteiger partial charge in [-0.3, -0.25) is 0 Å². The predicted molar refractivity (Wildman–Crippen MR) is 113 cm³/mol. The van der Waals surface area contributed by atoms with Crippen LogP contribution in [-0.2, 0) is 20.8 Å². The monoisotopic (exact) mass is 412 g/mol. The molecule has 1 N–H and O–H groups in total. The van der Waals surface area contributed by atoms with Crippen molar-refractivity contribution >= 4 is 23.5 Å². The van der Waals surface area contributed by atoms with E-state index in [0.29, 0.717) is 26.2 Å². The third-order valence-electron chi connectivity index (χ3n) is 4.88. The Hall–Kier alpha value is -0.240. The molecule has 2 aliphatic heterocycles. The summed E-state index contributed by atoms with van der Waals surface area (Å²) >= 11 is 3.98. The summed E-state index contributed by atoms with van der Waals surface area (Å²) in [5, 5.41) is 10.7. The zero-order chi connectivity index (χ0) is 19.2. The van der Waals surface area contributed by atoms with Crippen LogP contribution >= 0.6 is 23.5 Å². The van der Waals surface area contributed by atoms with E-state index in [0.717, 1.165) is 24.3 Å². The van der Waals surface area contributed by atoms with Gasteiger partial charge < -0.3 is 19.3 Å².